The van der Waals surface area contributed by atoms with Crippen LogP contribution in [0.25, 0.3) is 0 Å². The molecule has 4 aromatic rings. The number of benzene rings is 4. The molecule has 1 fully saturated rings. The van der Waals surface area contributed by atoms with Crippen molar-refractivity contribution in [3.63, 3.8) is 0 Å². The SMILES string of the molecule is Cc1cc(F)ccc1/N=N/c1ccc(N2CCN(c3ccc(/N=N/c4ccc(F)cc4C)cc3)CC2)cc1. The highest BCUT2D eigenvalue weighted by Gasteiger charge is 2.17. The number of nitrogens with zero attached hydrogens (tertiary/aromatic N) is 6. The van der Waals surface area contributed by atoms with Gasteiger partial charge in [-0.15, -0.1) is 0 Å². The molecule has 0 spiro atoms. The van der Waals surface area contributed by atoms with Crippen LogP contribution in [-0.2, 0) is 0 Å². The van der Waals surface area contributed by atoms with E-state index in [4.69, 9.17) is 0 Å². The van der Waals surface area contributed by atoms with Gasteiger partial charge in [0.05, 0.1) is 22.7 Å². The first-order valence-electron chi connectivity index (χ1n) is 12.5. The first-order valence-corrected chi connectivity index (χ1v) is 12.5. The first-order chi connectivity index (χ1) is 18.4. The molecule has 1 heterocycles. The standard InChI is InChI=1S/C30H28F2N6/c1-21-19-23(31)3-13-29(21)35-33-25-5-9-27(10-6-25)37-15-17-38(18-16-37)28-11-7-26(8-12-28)34-36-30-14-4-24(32)20-22(30)2/h3-14,19-20H,15-18H2,1-2H3/b35-33+,36-34+. The largest absolute Gasteiger partial charge is 0.368 e. The maximum absolute atomic E-state index is 13.3. The fraction of sp³-hybridized carbons (Fsp3) is 0.200. The summed E-state index contributed by atoms with van der Waals surface area (Å²) in [5.41, 5.74) is 6.62. The van der Waals surface area contributed by atoms with Gasteiger partial charge in [-0.25, -0.2) is 8.78 Å². The Morgan fingerprint density at radius 2 is 0.868 bits per heavy atom. The molecule has 0 atom stereocenters. The number of hydrogen-bond acceptors (Lipinski definition) is 6. The van der Waals surface area contributed by atoms with Crippen LogP contribution in [0.5, 0.6) is 0 Å². The second kappa shape index (κ2) is 11.3. The third kappa shape index (κ3) is 6.08. The number of rotatable bonds is 6. The van der Waals surface area contributed by atoms with Crippen LogP contribution in [0.3, 0.4) is 0 Å². The van der Waals surface area contributed by atoms with Gasteiger partial charge in [0.25, 0.3) is 0 Å². The molecule has 0 bridgehead atoms. The third-order valence-electron chi connectivity index (χ3n) is 6.57. The van der Waals surface area contributed by atoms with E-state index in [1.165, 1.54) is 24.3 Å². The average molecular weight is 511 g/mol. The molecule has 0 amide bonds. The fourth-order valence-electron chi connectivity index (χ4n) is 4.37. The van der Waals surface area contributed by atoms with Crippen molar-refractivity contribution < 1.29 is 8.78 Å². The fourth-order valence-corrected chi connectivity index (χ4v) is 4.37. The summed E-state index contributed by atoms with van der Waals surface area (Å²) < 4.78 is 26.6. The van der Waals surface area contributed by atoms with Gasteiger partial charge in [-0.05, 0) is 110 Å². The van der Waals surface area contributed by atoms with Crippen molar-refractivity contribution in [1.29, 1.82) is 0 Å². The molecule has 5 rings (SSSR count). The second-order valence-corrected chi connectivity index (χ2v) is 9.27. The Balaban J connectivity index is 1.15. The summed E-state index contributed by atoms with van der Waals surface area (Å²) in [5, 5.41) is 17.1. The molecular formula is C30H28F2N6. The highest BCUT2D eigenvalue weighted by atomic mass is 19.1. The summed E-state index contributed by atoms with van der Waals surface area (Å²) in [6, 6.07) is 25.0. The lowest BCUT2D eigenvalue weighted by atomic mass is 10.2. The zero-order valence-corrected chi connectivity index (χ0v) is 21.4. The van der Waals surface area contributed by atoms with Crippen molar-refractivity contribution in [2.24, 2.45) is 20.5 Å². The summed E-state index contributed by atoms with van der Waals surface area (Å²) in [4.78, 5) is 4.71. The number of piperazine rings is 1. The maximum atomic E-state index is 13.3. The van der Waals surface area contributed by atoms with E-state index in [1.807, 2.05) is 38.1 Å². The van der Waals surface area contributed by atoms with Crippen molar-refractivity contribution in [3.8, 4) is 0 Å². The lowest BCUT2D eigenvalue weighted by Gasteiger charge is -2.37. The Morgan fingerprint density at radius 1 is 0.500 bits per heavy atom. The van der Waals surface area contributed by atoms with Crippen LogP contribution in [-0.4, -0.2) is 26.2 Å². The molecule has 38 heavy (non-hydrogen) atoms. The Kier molecular flexibility index (Phi) is 7.49. The summed E-state index contributed by atoms with van der Waals surface area (Å²) in [5.74, 6) is -0.550. The minimum absolute atomic E-state index is 0.275. The van der Waals surface area contributed by atoms with Gasteiger partial charge in [0.15, 0.2) is 0 Å². The van der Waals surface area contributed by atoms with Crippen LogP contribution >= 0.6 is 0 Å². The minimum atomic E-state index is -0.275. The van der Waals surface area contributed by atoms with Crippen LogP contribution in [0.15, 0.2) is 105 Å². The van der Waals surface area contributed by atoms with E-state index in [0.29, 0.717) is 11.4 Å². The molecule has 0 aromatic heterocycles. The van der Waals surface area contributed by atoms with Gasteiger partial charge in [0.1, 0.15) is 11.6 Å². The van der Waals surface area contributed by atoms with E-state index in [2.05, 4.69) is 54.5 Å². The van der Waals surface area contributed by atoms with Crippen LogP contribution in [0.1, 0.15) is 11.1 Å². The topological polar surface area (TPSA) is 55.9 Å². The molecule has 6 nitrogen and oxygen atoms in total. The van der Waals surface area contributed by atoms with Gasteiger partial charge in [0.2, 0.25) is 0 Å². The number of aryl methyl sites for hydroxylation is 2. The molecule has 0 saturated carbocycles. The van der Waals surface area contributed by atoms with Gasteiger partial charge in [-0.2, -0.15) is 20.5 Å². The predicted octanol–water partition coefficient (Wildman–Crippen LogP) is 8.74. The predicted molar refractivity (Wildman–Crippen MR) is 148 cm³/mol. The minimum Gasteiger partial charge on any atom is -0.368 e. The number of hydrogen-bond donors (Lipinski definition) is 0. The van der Waals surface area contributed by atoms with E-state index in [-0.39, 0.29) is 11.6 Å². The van der Waals surface area contributed by atoms with Gasteiger partial charge < -0.3 is 9.80 Å². The molecule has 1 aliphatic rings. The molecule has 0 radical (unpaired) electrons. The quantitative estimate of drug-likeness (QED) is 0.244. The number of halogens is 2. The lowest BCUT2D eigenvalue weighted by molar-refractivity contribution is 0.626. The van der Waals surface area contributed by atoms with E-state index in [1.54, 1.807) is 12.1 Å². The molecule has 1 saturated heterocycles. The lowest BCUT2D eigenvalue weighted by Crippen LogP contribution is -2.46. The molecule has 192 valence electrons. The molecule has 4 aromatic carbocycles. The Morgan fingerprint density at radius 3 is 1.21 bits per heavy atom. The van der Waals surface area contributed by atoms with Crippen molar-refractivity contribution in [2.45, 2.75) is 13.8 Å². The summed E-state index contributed by atoms with van der Waals surface area (Å²) >= 11 is 0. The molecule has 0 N–H and O–H groups in total. The monoisotopic (exact) mass is 510 g/mol. The highest BCUT2D eigenvalue weighted by molar-refractivity contribution is 5.57. The average Bonchev–Trinajstić information content (AvgIpc) is 2.93. The smallest absolute Gasteiger partial charge is 0.123 e. The zero-order chi connectivity index (χ0) is 26.5. The summed E-state index contributed by atoms with van der Waals surface area (Å²) in [6.07, 6.45) is 0. The van der Waals surface area contributed by atoms with E-state index < -0.39 is 0 Å². The second-order valence-electron chi connectivity index (χ2n) is 9.27. The van der Waals surface area contributed by atoms with Gasteiger partial charge >= 0.3 is 0 Å². The Labute approximate surface area is 221 Å². The van der Waals surface area contributed by atoms with Gasteiger partial charge in [-0.1, -0.05) is 0 Å². The number of anilines is 2. The van der Waals surface area contributed by atoms with Crippen molar-refractivity contribution >= 4 is 34.1 Å². The van der Waals surface area contributed by atoms with Crippen molar-refractivity contribution in [1.82, 2.24) is 0 Å². The Hall–Kier alpha value is -4.46. The third-order valence-corrected chi connectivity index (χ3v) is 6.57. The highest BCUT2D eigenvalue weighted by Crippen LogP contribution is 2.28. The zero-order valence-electron chi connectivity index (χ0n) is 21.4. The van der Waals surface area contributed by atoms with E-state index >= 15 is 0 Å². The van der Waals surface area contributed by atoms with Crippen LogP contribution in [0.2, 0.25) is 0 Å². The first kappa shape index (κ1) is 25.2. The van der Waals surface area contributed by atoms with Gasteiger partial charge in [0, 0.05) is 37.6 Å². The van der Waals surface area contributed by atoms with Crippen LogP contribution in [0, 0.1) is 25.5 Å². The molecular weight excluding hydrogens is 482 g/mol. The molecule has 0 unspecified atom stereocenters. The molecule has 0 aliphatic carbocycles. The van der Waals surface area contributed by atoms with Crippen molar-refractivity contribution in [3.05, 3.63) is 108 Å². The normalized spacial score (nSPS) is 14.1. The molecule has 1 aliphatic heterocycles. The van der Waals surface area contributed by atoms with E-state index in [0.717, 1.165) is 60.1 Å². The maximum Gasteiger partial charge on any atom is 0.123 e. The van der Waals surface area contributed by atoms with Gasteiger partial charge in [-0.3, -0.25) is 0 Å². The van der Waals surface area contributed by atoms with Crippen molar-refractivity contribution in [2.75, 3.05) is 36.0 Å². The molecule has 8 heteroatoms. The summed E-state index contributed by atoms with van der Waals surface area (Å²) in [7, 11) is 0. The van der Waals surface area contributed by atoms with E-state index in [9.17, 15) is 8.78 Å². The van der Waals surface area contributed by atoms with Crippen LogP contribution < -0.4 is 9.80 Å². The number of azo groups is 2. The Bertz CT molecular complexity index is 1340. The van der Waals surface area contributed by atoms with Crippen LogP contribution in [0.4, 0.5) is 42.9 Å². The summed E-state index contributed by atoms with van der Waals surface area (Å²) in [6.45, 7) is 7.25.